The molecule has 3 aromatic rings. The van der Waals surface area contributed by atoms with Crippen molar-refractivity contribution in [1.82, 2.24) is 4.90 Å². The largest absolute Gasteiger partial charge is 0.462 e. The fraction of sp³-hybridized carbons (Fsp3) is 0.424. The van der Waals surface area contributed by atoms with E-state index in [2.05, 4.69) is 16.7 Å². The highest BCUT2D eigenvalue weighted by Crippen LogP contribution is 2.35. The molecule has 0 bridgehead atoms. The molecule has 214 valence electrons. The van der Waals surface area contributed by atoms with Gasteiger partial charge in [-0.1, -0.05) is 61.5 Å². The van der Waals surface area contributed by atoms with Crippen LogP contribution >= 0.6 is 0 Å². The molecule has 1 aliphatic rings. The Morgan fingerprint density at radius 1 is 0.825 bits per heavy atom. The number of carbonyl (C=O) groups is 1. The highest BCUT2D eigenvalue weighted by atomic mass is 19.4. The van der Waals surface area contributed by atoms with E-state index < -0.39 is 17.2 Å². The van der Waals surface area contributed by atoms with Crippen molar-refractivity contribution in [3.05, 3.63) is 90.0 Å². The smallest absolute Gasteiger partial charge is 0.416 e. The maximum atomic E-state index is 13.3. The van der Waals surface area contributed by atoms with E-state index in [9.17, 15) is 18.0 Å². The summed E-state index contributed by atoms with van der Waals surface area (Å²) in [7, 11) is 0. The summed E-state index contributed by atoms with van der Waals surface area (Å²) in [6, 6.07) is 23.3. The minimum atomic E-state index is -4.33. The van der Waals surface area contributed by atoms with E-state index in [0.717, 1.165) is 80.1 Å². The first-order valence-corrected chi connectivity index (χ1v) is 14.1. The second-order valence-electron chi connectivity index (χ2n) is 10.8. The zero-order valence-electron chi connectivity index (χ0n) is 23.6. The van der Waals surface area contributed by atoms with Crippen LogP contribution in [0.4, 0.5) is 18.9 Å². The Morgan fingerprint density at radius 2 is 1.40 bits per heavy atom. The van der Waals surface area contributed by atoms with Crippen LogP contribution in [0.2, 0.25) is 0 Å². The third kappa shape index (κ3) is 7.05. The van der Waals surface area contributed by atoms with Gasteiger partial charge in [0.2, 0.25) is 0 Å². The Hall–Kier alpha value is -3.32. The summed E-state index contributed by atoms with van der Waals surface area (Å²) in [5.41, 5.74) is 2.52. The van der Waals surface area contributed by atoms with Gasteiger partial charge in [-0.25, -0.2) is 0 Å². The molecule has 7 heteroatoms. The van der Waals surface area contributed by atoms with Gasteiger partial charge >= 0.3 is 12.1 Å². The number of piperazine rings is 1. The monoisotopic (exact) mass is 552 g/mol. The van der Waals surface area contributed by atoms with Crippen molar-refractivity contribution >= 4 is 11.7 Å². The lowest BCUT2D eigenvalue weighted by atomic mass is 9.74. The van der Waals surface area contributed by atoms with Gasteiger partial charge < -0.3 is 9.64 Å². The molecule has 0 aromatic heterocycles. The lowest BCUT2D eigenvalue weighted by Gasteiger charge is -2.37. The van der Waals surface area contributed by atoms with Gasteiger partial charge in [0.1, 0.15) is 0 Å². The zero-order valence-corrected chi connectivity index (χ0v) is 23.6. The number of alkyl halides is 3. The van der Waals surface area contributed by atoms with E-state index >= 15 is 0 Å². The van der Waals surface area contributed by atoms with Crippen LogP contribution in [-0.2, 0) is 21.1 Å². The number of carbonyl (C=O) groups excluding carboxylic acids is 1. The van der Waals surface area contributed by atoms with Crippen LogP contribution in [0.25, 0.3) is 11.1 Å². The summed E-state index contributed by atoms with van der Waals surface area (Å²) in [6.07, 6.45) is -2.15. The third-order valence-corrected chi connectivity index (χ3v) is 7.89. The van der Waals surface area contributed by atoms with Crippen LogP contribution in [-0.4, -0.2) is 49.7 Å². The average Bonchev–Trinajstić information content (AvgIpc) is 2.96. The maximum absolute atomic E-state index is 13.3. The number of hydrogen-bond acceptors (Lipinski definition) is 4. The summed E-state index contributed by atoms with van der Waals surface area (Å²) in [5, 5.41) is 0. The molecule has 1 aliphatic heterocycles. The molecule has 0 aliphatic carbocycles. The zero-order chi connectivity index (χ0) is 28.8. The molecule has 1 unspecified atom stereocenters. The van der Waals surface area contributed by atoms with E-state index in [1.165, 1.54) is 12.1 Å². The molecular weight excluding hydrogens is 513 g/mol. The molecule has 1 atom stereocenters. The lowest BCUT2D eigenvalue weighted by Crippen LogP contribution is -2.47. The molecule has 4 nitrogen and oxygen atoms in total. The molecule has 0 spiro atoms. The van der Waals surface area contributed by atoms with Crippen molar-refractivity contribution in [2.75, 3.05) is 37.6 Å². The van der Waals surface area contributed by atoms with Gasteiger partial charge in [-0.05, 0) is 80.6 Å². The number of anilines is 1. The summed E-state index contributed by atoms with van der Waals surface area (Å²) < 4.78 is 44.3. The Morgan fingerprint density at radius 3 is 1.93 bits per heavy atom. The van der Waals surface area contributed by atoms with Gasteiger partial charge in [0.15, 0.2) is 0 Å². The number of benzene rings is 3. The quantitative estimate of drug-likeness (QED) is 0.243. The third-order valence-electron chi connectivity index (χ3n) is 7.89. The SMILES string of the molecule is CCC(CCCN1CCN(c2ccc(-c3ccc(C(F)(F)F)cc3)cc2)CC1)(C(=O)OC(C)C)c1ccccc1. The normalized spacial score (nSPS) is 16.1. The summed E-state index contributed by atoms with van der Waals surface area (Å²) in [5.74, 6) is -0.138. The number of hydrogen-bond donors (Lipinski definition) is 0. The lowest BCUT2D eigenvalue weighted by molar-refractivity contribution is -0.155. The number of nitrogens with zero attached hydrogens (tertiary/aromatic N) is 2. The van der Waals surface area contributed by atoms with Gasteiger partial charge in [-0.3, -0.25) is 9.69 Å². The molecule has 1 fully saturated rings. The van der Waals surface area contributed by atoms with Crippen molar-refractivity contribution in [3.8, 4) is 11.1 Å². The molecule has 0 radical (unpaired) electrons. The maximum Gasteiger partial charge on any atom is 0.416 e. The first-order chi connectivity index (χ1) is 19.1. The van der Waals surface area contributed by atoms with Crippen molar-refractivity contribution in [3.63, 3.8) is 0 Å². The molecule has 0 saturated carbocycles. The number of rotatable bonds is 10. The second kappa shape index (κ2) is 12.9. The van der Waals surface area contributed by atoms with Crippen molar-refractivity contribution in [1.29, 1.82) is 0 Å². The van der Waals surface area contributed by atoms with E-state index in [0.29, 0.717) is 6.42 Å². The predicted molar refractivity (Wildman–Crippen MR) is 154 cm³/mol. The Balaban J connectivity index is 1.31. The number of halogens is 3. The topological polar surface area (TPSA) is 32.8 Å². The Bertz CT molecular complexity index is 1220. The van der Waals surface area contributed by atoms with Gasteiger partial charge in [0, 0.05) is 31.9 Å². The summed E-state index contributed by atoms with van der Waals surface area (Å²) in [6.45, 7) is 10.4. The second-order valence-corrected chi connectivity index (χ2v) is 10.8. The Kier molecular flexibility index (Phi) is 9.56. The highest BCUT2D eigenvalue weighted by Gasteiger charge is 2.40. The molecule has 3 aromatic carbocycles. The molecular formula is C33H39F3N2O2. The average molecular weight is 553 g/mol. The van der Waals surface area contributed by atoms with Crippen molar-refractivity contribution in [2.45, 2.75) is 57.7 Å². The standard InChI is InChI=1S/C33H39F3N2O2/c1-4-32(31(39)40-25(2)3,28-9-6-5-7-10-28)19-8-20-37-21-23-38(24-22-37)30-17-13-27(14-18-30)26-11-15-29(16-12-26)33(34,35)36/h5-7,9-18,25H,4,8,19-24H2,1-3H3. The first-order valence-electron chi connectivity index (χ1n) is 14.1. The minimum Gasteiger partial charge on any atom is -0.462 e. The van der Waals surface area contributed by atoms with E-state index in [1.54, 1.807) is 0 Å². The van der Waals surface area contributed by atoms with Gasteiger partial charge in [0.05, 0.1) is 17.1 Å². The van der Waals surface area contributed by atoms with Crippen LogP contribution < -0.4 is 4.90 Å². The van der Waals surface area contributed by atoms with E-state index in [4.69, 9.17) is 4.74 Å². The summed E-state index contributed by atoms with van der Waals surface area (Å²) in [4.78, 5) is 18.1. The molecule has 1 saturated heterocycles. The van der Waals surface area contributed by atoms with E-state index in [1.807, 2.05) is 68.4 Å². The minimum absolute atomic E-state index is 0.138. The number of esters is 1. The van der Waals surface area contributed by atoms with Crippen LogP contribution in [0.3, 0.4) is 0 Å². The van der Waals surface area contributed by atoms with Crippen molar-refractivity contribution in [2.24, 2.45) is 0 Å². The fourth-order valence-electron chi connectivity index (χ4n) is 5.52. The van der Waals surface area contributed by atoms with Crippen LogP contribution in [0.15, 0.2) is 78.9 Å². The van der Waals surface area contributed by atoms with Crippen LogP contribution in [0.5, 0.6) is 0 Å². The molecule has 0 amide bonds. The van der Waals surface area contributed by atoms with Crippen LogP contribution in [0.1, 0.15) is 51.2 Å². The predicted octanol–water partition coefficient (Wildman–Crippen LogP) is 7.57. The van der Waals surface area contributed by atoms with Gasteiger partial charge in [0.25, 0.3) is 0 Å². The van der Waals surface area contributed by atoms with Gasteiger partial charge in [-0.15, -0.1) is 0 Å². The van der Waals surface area contributed by atoms with Gasteiger partial charge in [-0.2, -0.15) is 13.2 Å². The van der Waals surface area contributed by atoms with E-state index in [-0.39, 0.29) is 12.1 Å². The van der Waals surface area contributed by atoms with Crippen LogP contribution in [0, 0.1) is 0 Å². The fourth-order valence-corrected chi connectivity index (χ4v) is 5.52. The molecule has 1 heterocycles. The summed E-state index contributed by atoms with van der Waals surface area (Å²) >= 11 is 0. The molecule has 40 heavy (non-hydrogen) atoms. The molecule has 4 rings (SSSR count). The Labute approximate surface area is 235 Å². The van der Waals surface area contributed by atoms with Crippen molar-refractivity contribution < 1.29 is 22.7 Å². The highest BCUT2D eigenvalue weighted by molar-refractivity contribution is 5.83. The molecule has 0 N–H and O–H groups in total. The number of ether oxygens (including phenoxy) is 1. The first kappa shape index (κ1) is 29.7.